The lowest BCUT2D eigenvalue weighted by Gasteiger charge is -2.25. The molecule has 9 heteroatoms. The second-order valence-electron chi connectivity index (χ2n) is 8.37. The van der Waals surface area contributed by atoms with E-state index in [-0.39, 0.29) is 24.0 Å². The van der Waals surface area contributed by atoms with Crippen LogP contribution in [-0.2, 0) is 27.9 Å². The zero-order chi connectivity index (χ0) is 26.3. The van der Waals surface area contributed by atoms with E-state index in [0.717, 1.165) is 16.7 Å². The molecule has 190 valence electrons. The fourth-order valence-electron chi connectivity index (χ4n) is 3.52. The second-order valence-corrected chi connectivity index (χ2v) is 10.7. The number of carbonyl (C=O) groups is 1. The molecular formula is C28H26ClN3O4S. The average Bonchev–Trinajstić information content (AvgIpc) is 2.91. The van der Waals surface area contributed by atoms with Crippen molar-refractivity contribution in [1.82, 2.24) is 10.3 Å². The summed E-state index contributed by atoms with van der Waals surface area (Å²) in [4.78, 5) is 16.3. The summed E-state index contributed by atoms with van der Waals surface area (Å²) in [6.07, 6.45) is 3.32. The Balaban J connectivity index is 1.48. The third kappa shape index (κ3) is 7.09. The smallest absolute Gasteiger partial charge is 0.264 e. The van der Waals surface area contributed by atoms with Crippen molar-refractivity contribution in [3.05, 3.63) is 119 Å². The van der Waals surface area contributed by atoms with E-state index in [1.165, 1.54) is 4.31 Å². The van der Waals surface area contributed by atoms with Crippen molar-refractivity contribution in [3.63, 3.8) is 0 Å². The molecule has 0 fully saturated rings. The fraction of sp³-hybridized carbons (Fsp3) is 0.143. The molecular weight excluding hydrogens is 510 g/mol. The third-order valence-corrected chi connectivity index (χ3v) is 7.62. The average molecular weight is 536 g/mol. The third-order valence-electron chi connectivity index (χ3n) is 5.58. The number of rotatable bonds is 10. The van der Waals surface area contributed by atoms with Gasteiger partial charge in [-0.1, -0.05) is 41.4 Å². The zero-order valence-corrected chi connectivity index (χ0v) is 21.7. The Labute approximate surface area is 221 Å². The van der Waals surface area contributed by atoms with Crippen molar-refractivity contribution in [1.29, 1.82) is 0 Å². The van der Waals surface area contributed by atoms with Gasteiger partial charge in [0.1, 0.15) is 5.75 Å². The van der Waals surface area contributed by atoms with Gasteiger partial charge in [0.25, 0.3) is 15.9 Å². The number of aryl methyl sites for hydroxylation is 1. The highest BCUT2D eigenvalue weighted by Gasteiger charge is 2.25. The highest BCUT2D eigenvalue weighted by atomic mass is 35.5. The summed E-state index contributed by atoms with van der Waals surface area (Å²) in [7, 11) is -3.86. The van der Waals surface area contributed by atoms with Gasteiger partial charge in [-0.15, -0.1) is 0 Å². The van der Waals surface area contributed by atoms with Gasteiger partial charge < -0.3 is 10.1 Å². The number of nitrogens with zero attached hydrogens (tertiary/aromatic N) is 2. The summed E-state index contributed by atoms with van der Waals surface area (Å²) >= 11 is 6.01. The summed E-state index contributed by atoms with van der Waals surface area (Å²) in [5.41, 5.74) is 3.15. The number of anilines is 1. The minimum absolute atomic E-state index is 0.116. The van der Waals surface area contributed by atoms with E-state index >= 15 is 0 Å². The van der Waals surface area contributed by atoms with Crippen LogP contribution in [-0.4, -0.2) is 25.9 Å². The van der Waals surface area contributed by atoms with E-state index in [1.54, 1.807) is 85.2 Å². The van der Waals surface area contributed by atoms with Gasteiger partial charge in [-0.05, 0) is 78.7 Å². The van der Waals surface area contributed by atoms with Gasteiger partial charge in [-0.3, -0.25) is 14.1 Å². The molecule has 0 atom stereocenters. The lowest BCUT2D eigenvalue weighted by atomic mass is 10.2. The highest BCUT2D eigenvalue weighted by molar-refractivity contribution is 7.92. The molecule has 4 rings (SSSR count). The number of carbonyl (C=O) groups excluding carboxylic acids is 1. The molecule has 0 radical (unpaired) electrons. The molecule has 1 aromatic heterocycles. The molecule has 7 nitrogen and oxygen atoms in total. The van der Waals surface area contributed by atoms with E-state index in [1.807, 2.05) is 19.1 Å². The first-order valence-corrected chi connectivity index (χ1v) is 13.4. The molecule has 0 saturated carbocycles. The minimum Gasteiger partial charge on any atom is -0.484 e. The van der Waals surface area contributed by atoms with Crippen LogP contribution in [0.15, 0.2) is 102 Å². The Morgan fingerprint density at radius 2 is 1.54 bits per heavy atom. The van der Waals surface area contributed by atoms with E-state index in [0.29, 0.717) is 23.0 Å². The number of benzene rings is 3. The summed E-state index contributed by atoms with van der Waals surface area (Å²) in [5, 5.41) is 3.36. The number of halogens is 1. The topological polar surface area (TPSA) is 88.6 Å². The first-order valence-electron chi connectivity index (χ1n) is 11.5. The lowest BCUT2D eigenvalue weighted by molar-refractivity contribution is -0.123. The van der Waals surface area contributed by atoms with Gasteiger partial charge in [-0.25, -0.2) is 8.42 Å². The fourth-order valence-corrected chi connectivity index (χ4v) is 5.10. The number of aromatic nitrogens is 1. The molecule has 0 bridgehead atoms. The van der Waals surface area contributed by atoms with Gasteiger partial charge >= 0.3 is 0 Å². The maximum absolute atomic E-state index is 13.6. The maximum Gasteiger partial charge on any atom is 0.264 e. The van der Waals surface area contributed by atoms with Crippen LogP contribution in [0.3, 0.4) is 0 Å². The Morgan fingerprint density at radius 1 is 0.892 bits per heavy atom. The van der Waals surface area contributed by atoms with Crippen LogP contribution in [0.4, 0.5) is 5.69 Å². The molecule has 0 unspecified atom stereocenters. The Morgan fingerprint density at radius 3 is 2.19 bits per heavy atom. The molecule has 37 heavy (non-hydrogen) atoms. The normalized spacial score (nSPS) is 11.1. The SMILES string of the molecule is Cc1ccc(S(=O)(=O)N(Cc2ccc(Cl)cc2)c2ccc(OCC(=O)NCc3ccncc3)cc2)cc1. The molecule has 1 amide bonds. The van der Waals surface area contributed by atoms with Crippen LogP contribution in [0.25, 0.3) is 0 Å². The van der Waals surface area contributed by atoms with Crippen molar-refractivity contribution in [2.24, 2.45) is 0 Å². The molecule has 0 aliphatic carbocycles. The molecule has 1 N–H and O–H groups in total. The Kier molecular flexibility index (Phi) is 8.43. The van der Waals surface area contributed by atoms with Crippen molar-refractivity contribution in [2.45, 2.75) is 24.9 Å². The van der Waals surface area contributed by atoms with Gasteiger partial charge in [0, 0.05) is 24.0 Å². The second kappa shape index (κ2) is 11.9. The van der Waals surface area contributed by atoms with Crippen LogP contribution in [0.1, 0.15) is 16.7 Å². The number of nitrogens with one attached hydrogen (secondary N) is 1. The van der Waals surface area contributed by atoms with Crippen molar-refractivity contribution in [2.75, 3.05) is 10.9 Å². The first-order chi connectivity index (χ1) is 17.8. The quantitative estimate of drug-likeness (QED) is 0.304. The zero-order valence-electron chi connectivity index (χ0n) is 20.2. The maximum atomic E-state index is 13.6. The Hall–Kier alpha value is -3.88. The van der Waals surface area contributed by atoms with Crippen LogP contribution in [0, 0.1) is 6.92 Å². The van der Waals surface area contributed by atoms with Crippen LogP contribution >= 0.6 is 11.6 Å². The first kappa shape index (κ1) is 26.2. The summed E-state index contributed by atoms with van der Waals surface area (Å²) < 4.78 is 34.2. The van der Waals surface area contributed by atoms with E-state index in [4.69, 9.17) is 16.3 Å². The number of sulfonamides is 1. The van der Waals surface area contributed by atoms with E-state index in [9.17, 15) is 13.2 Å². The molecule has 0 aliphatic heterocycles. The standard InChI is InChI=1S/C28H26ClN3O4S/c1-21-2-12-27(13-3-21)37(34,35)32(19-23-4-6-24(29)7-5-23)25-8-10-26(11-9-25)36-20-28(33)31-18-22-14-16-30-17-15-22/h2-17H,18-20H2,1H3,(H,31,33). The number of pyridine rings is 1. The minimum atomic E-state index is -3.86. The lowest BCUT2D eigenvalue weighted by Crippen LogP contribution is -2.30. The van der Waals surface area contributed by atoms with Crippen LogP contribution in [0.5, 0.6) is 5.75 Å². The van der Waals surface area contributed by atoms with E-state index in [2.05, 4.69) is 10.3 Å². The van der Waals surface area contributed by atoms with Crippen molar-refractivity contribution < 1.29 is 17.9 Å². The van der Waals surface area contributed by atoms with Gasteiger partial charge in [0.15, 0.2) is 6.61 Å². The van der Waals surface area contributed by atoms with Gasteiger partial charge in [0.05, 0.1) is 17.1 Å². The number of hydrogen-bond donors (Lipinski definition) is 1. The van der Waals surface area contributed by atoms with Crippen molar-refractivity contribution >= 4 is 33.2 Å². The van der Waals surface area contributed by atoms with Gasteiger partial charge in [0.2, 0.25) is 0 Å². The number of amides is 1. The molecule has 0 spiro atoms. The Bertz CT molecular complexity index is 1430. The highest BCUT2D eigenvalue weighted by Crippen LogP contribution is 2.28. The van der Waals surface area contributed by atoms with E-state index < -0.39 is 10.0 Å². The molecule has 3 aromatic carbocycles. The molecule has 1 heterocycles. The molecule has 0 aliphatic rings. The van der Waals surface area contributed by atoms with Crippen molar-refractivity contribution in [3.8, 4) is 5.75 Å². The predicted octanol–water partition coefficient (Wildman–Crippen LogP) is 5.13. The number of hydrogen-bond acceptors (Lipinski definition) is 5. The predicted molar refractivity (Wildman–Crippen MR) is 144 cm³/mol. The summed E-state index contributed by atoms with van der Waals surface area (Å²) in [6.45, 7) is 2.23. The summed E-state index contributed by atoms with van der Waals surface area (Å²) in [6, 6.07) is 24.0. The van der Waals surface area contributed by atoms with Crippen LogP contribution in [0.2, 0.25) is 5.02 Å². The largest absolute Gasteiger partial charge is 0.484 e. The monoisotopic (exact) mass is 535 g/mol. The number of ether oxygens (including phenoxy) is 1. The molecule has 4 aromatic rings. The summed E-state index contributed by atoms with van der Waals surface area (Å²) in [5.74, 6) is 0.175. The van der Waals surface area contributed by atoms with Gasteiger partial charge in [-0.2, -0.15) is 0 Å². The molecule has 0 saturated heterocycles. The van der Waals surface area contributed by atoms with Crippen LogP contribution < -0.4 is 14.4 Å².